The van der Waals surface area contributed by atoms with E-state index < -0.39 is 75.0 Å². The van der Waals surface area contributed by atoms with Gasteiger partial charge in [0, 0.05) is 134 Å². The number of Topliss-reactive ketones (excluding diaryl/α,β-unsaturated/α-hetero) is 2. The molecule has 758 valence electrons. The Morgan fingerprint density at radius 1 is 0.564 bits per heavy atom. The third-order valence-corrected chi connectivity index (χ3v) is 34.5. The number of H-pyrrole nitrogens is 1. The Bertz CT molecular complexity index is 5800. The summed E-state index contributed by atoms with van der Waals surface area (Å²) in [5, 5.41) is 24.4. The molecule has 6 saturated heterocycles. The van der Waals surface area contributed by atoms with Crippen LogP contribution >= 0.6 is 61.8 Å². The zero-order chi connectivity index (χ0) is 98.3. The lowest BCUT2D eigenvalue weighted by Crippen LogP contribution is -2.45. The minimum atomic E-state index is -4.19. The predicted molar refractivity (Wildman–Crippen MR) is 535 cm³/mol. The van der Waals surface area contributed by atoms with Crippen molar-refractivity contribution in [2.45, 2.75) is 261 Å². The third kappa shape index (κ3) is 25.3. The highest BCUT2D eigenvalue weighted by molar-refractivity contribution is 9.10. The second-order valence-corrected chi connectivity index (χ2v) is 46.1. The van der Waals surface area contributed by atoms with Gasteiger partial charge in [0.05, 0.1) is 115 Å². The highest BCUT2D eigenvalue weighted by Gasteiger charge is 2.64. The SMILES string of the molecule is CC(C)Nc1nc(-c2cc(=O)c3ccc(OCCN4CCOCC4)c(Cl)c3[nH]2)cs1.CC(C)Nc1nc(-c2cc(O[C@@H]3C[C@H]4C(=O)C[C@]5(C(=O)O)C[C@H]5CCCCCCC[C@H](CC(=O)OC5C[C@@H]6C[C@@H]6C5)C(=O)N4C3)c3ccc(OCCN4CCOCC4)c(Cl)c3n2)cs1.COC(=O)[C@]12CC(=O)[C@@H]3C[C@H](OS(=O)(=O)c4ccc(Br)cc4)CN3C(=O)[C@@H](CC(=O)OC3C[C@@H]4C[C@@H]4C3)CCCCCCC[C@@H]1C2. The number of anilines is 2. The van der Waals surface area contributed by atoms with Crippen molar-refractivity contribution in [3.63, 3.8) is 0 Å². The van der Waals surface area contributed by atoms with Gasteiger partial charge in [-0.05, 0) is 189 Å². The molecule has 12 aliphatic rings. The van der Waals surface area contributed by atoms with E-state index in [0.29, 0.717) is 152 Å². The fraction of sp³-hybridized carbons (Fsp3) is 0.631. The molecule has 6 aliphatic heterocycles. The van der Waals surface area contributed by atoms with Gasteiger partial charge in [-0.1, -0.05) is 103 Å². The maximum absolute atomic E-state index is 14.9. The zero-order valence-corrected chi connectivity index (χ0v) is 86.0. The van der Waals surface area contributed by atoms with Crippen molar-refractivity contribution in [2.24, 2.45) is 58.2 Å². The molecular weight excluding hydrogens is 1960 g/mol. The molecular formula is C103H131BrCl2N10O21S3. The smallest absolute Gasteiger partial charge is 0.312 e. The first-order valence-electron chi connectivity index (χ1n) is 50.5. The minimum Gasteiger partial charge on any atom is -0.491 e. The van der Waals surface area contributed by atoms with Crippen molar-refractivity contribution in [2.75, 3.05) is 110 Å². The van der Waals surface area contributed by atoms with Crippen LogP contribution in [0.3, 0.4) is 0 Å². The van der Waals surface area contributed by atoms with Crippen LogP contribution < -0.4 is 30.3 Å². The predicted octanol–water partition coefficient (Wildman–Crippen LogP) is 17.2. The number of nitrogens with one attached hydrogen (secondary N) is 3. The molecule has 4 N–H and O–H groups in total. The lowest BCUT2D eigenvalue weighted by atomic mass is 9.90. The molecule has 6 aliphatic carbocycles. The van der Waals surface area contributed by atoms with Crippen LogP contribution in [0.1, 0.15) is 207 Å². The van der Waals surface area contributed by atoms with Gasteiger partial charge in [-0.3, -0.25) is 57.1 Å². The summed E-state index contributed by atoms with van der Waals surface area (Å²) in [7, 11) is -2.87. The Balaban J connectivity index is 0.000000155. The van der Waals surface area contributed by atoms with Gasteiger partial charge in [0.15, 0.2) is 27.3 Å². The lowest BCUT2D eigenvalue weighted by molar-refractivity contribution is -0.155. The summed E-state index contributed by atoms with van der Waals surface area (Å²) in [5.41, 5.74) is 1.37. The van der Waals surface area contributed by atoms with Crippen molar-refractivity contribution >= 4 is 151 Å². The molecule has 2 unspecified atom stereocenters. The average molecular weight is 2090 g/mol. The van der Waals surface area contributed by atoms with Gasteiger partial charge >= 0.3 is 23.9 Å². The summed E-state index contributed by atoms with van der Waals surface area (Å²) >= 11 is 20.0. The van der Waals surface area contributed by atoms with E-state index in [1.807, 2.05) is 42.8 Å². The summed E-state index contributed by atoms with van der Waals surface area (Å²) in [6, 6.07) is 15.2. The number of hydrogen-bond acceptors (Lipinski definition) is 29. The molecule has 10 heterocycles. The number of ketones is 2. The second-order valence-electron chi connectivity index (χ2n) is 41.1. The number of methoxy groups -OCH3 is 1. The Hall–Kier alpha value is -8.49. The van der Waals surface area contributed by atoms with Crippen LogP contribution in [0.25, 0.3) is 44.6 Å². The second kappa shape index (κ2) is 45.8. The first-order valence-corrected chi connectivity index (χ1v) is 55.2. The molecule has 6 saturated carbocycles. The van der Waals surface area contributed by atoms with E-state index in [1.165, 1.54) is 59.7 Å². The minimum absolute atomic E-state index is 0.0235. The topological polar surface area (TPSA) is 383 Å². The summed E-state index contributed by atoms with van der Waals surface area (Å²) in [6.45, 7) is 17.0. The van der Waals surface area contributed by atoms with Crippen LogP contribution in [0.5, 0.6) is 17.2 Å². The quantitative estimate of drug-likeness (QED) is 0.0211. The molecule has 19 rings (SSSR count). The van der Waals surface area contributed by atoms with Crippen LogP contribution in [-0.2, 0) is 76.3 Å². The number of halogens is 3. The van der Waals surface area contributed by atoms with Gasteiger partial charge in [-0.25, -0.2) is 15.0 Å². The summed E-state index contributed by atoms with van der Waals surface area (Å²) in [4.78, 5) is 148. The Morgan fingerprint density at radius 2 is 1.04 bits per heavy atom. The third-order valence-electron chi connectivity index (χ3n) is 30.3. The fourth-order valence-corrected chi connectivity index (χ4v) is 25.9. The number of hydrogen-bond donors (Lipinski definition) is 4. The standard InChI is InChI=1S/C48H62ClN5O9S.C34H44BrNO9S.C21H25ClN4O3S/c1-28(2)50-47-52-37(27-64-47)36-23-41(35-10-11-40(43(49)44(35)51-36)61-17-14-53-12-15-60-16-13-53)62-34-22-38-39(55)25-48(46(58)59)24-32(48)9-7-5-3-4-6-8-29(45(57)54(38)26-34)21-42(56)63-33-19-30-18-31(30)20-33;1-43-33(40)34-18-24(34)8-6-4-2-3-5-7-21(16-31(38)44-26-14-22-13-23(22)15-26)32(39)36-20-27(17-29(36)30(37)19-34)45-46(41,42)28-11-9-25(35)10-12-28;1-13(2)23-21-25-16(12-30-21)15-11-17(27)14-3-4-18(19(22)20(14)24-15)29-10-7-26-5-8-28-9-6-26/h10-11,23,27-34,38H,3-9,12-22,24-26H2,1-2H3,(H,50,52)(H,58,59);9-12,21-24,26-27,29H,2-8,13-20H2,1H3;3-4,11-13H,5-10H2,1-2H3,(H,23,25)(H,24,27)/t29-,30-,31+,32-,33?,34-,38+,48-;21-,22-,23+,24-,26?,27+,29+,34-;/m11./s1. The number of aromatic nitrogens is 4. The van der Waals surface area contributed by atoms with Gasteiger partial charge in [0.1, 0.15) is 64.5 Å². The number of carboxylic acid groups (broad SMARTS) is 1. The average Bonchev–Trinajstić information content (AvgIpc) is 1.59. The molecule has 0 radical (unpaired) electrons. The Morgan fingerprint density at radius 3 is 1.58 bits per heavy atom. The number of rotatable bonds is 27. The lowest BCUT2D eigenvalue weighted by Gasteiger charge is -2.29. The fourth-order valence-electron chi connectivity index (χ4n) is 22.3. The molecule has 37 heteroatoms. The number of nitrogens with zero attached hydrogens (tertiary/aromatic N) is 7. The van der Waals surface area contributed by atoms with Crippen molar-refractivity contribution in [3.05, 3.63) is 96.2 Å². The number of benzene rings is 3. The van der Waals surface area contributed by atoms with E-state index in [0.717, 1.165) is 165 Å². The molecule has 140 heavy (non-hydrogen) atoms. The van der Waals surface area contributed by atoms with Gasteiger partial charge in [-0.2, -0.15) is 8.42 Å². The highest BCUT2D eigenvalue weighted by Crippen LogP contribution is 2.61. The van der Waals surface area contributed by atoms with Crippen LogP contribution in [0.2, 0.25) is 10.0 Å². The van der Waals surface area contributed by atoms with Gasteiger partial charge in [-0.15, -0.1) is 22.7 Å². The number of ether oxygens (including phenoxy) is 8. The van der Waals surface area contributed by atoms with Gasteiger partial charge in [0.25, 0.3) is 10.1 Å². The van der Waals surface area contributed by atoms with Crippen LogP contribution in [0.15, 0.2) is 85.6 Å². The van der Waals surface area contributed by atoms with E-state index >= 15 is 0 Å². The monoisotopic (exact) mass is 2090 g/mol. The van der Waals surface area contributed by atoms with E-state index in [1.54, 1.807) is 35.2 Å². The zero-order valence-electron chi connectivity index (χ0n) is 80.5. The maximum atomic E-state index is 14.9. The number of carbonyl (C=O) groups excluding carboxylic acids is 7. The van der Waals surface area contributed by atoms with E-state index in [-0.39, 0.29) is 127 Å². The Labute approximate surface area is 843 Å². The highest BCUT2D eigenvalue weighted by atomic mass is 79.9. The summed E-state index contributed by atoms with van der Waals surface area (Å²) in [5.74, 6) is -0.660. The number of pyridine rings is 2. The number of aromatic amines is 1. The molecule has 3 aromatic carbocycles. The number of thiazole rings is 2. The van der Waals surface area contributed by atoms with Crippen LogP contribution in [0, 0.1) is 58.2 Å². The van der Waals surface area contributed by atoms with Crippen molar-refractivity contribution in [3.8, 4) is 40.0 Å². The molecule has 12 fully saturated rings. The first kappa shape index (κ1) is 103. The number of morpholine rings is 2. The van der Waals surface area contributed by atoms with Crippen LogP contribution in [0.4, 0.5) is 10.3 Å². The number of aliphatic carboxylic acids is 1. The summed E-state index contributed by atoms with van der Waals surface area (Å²) < 4.78 is 79.6. The number of esters is 3. The van der Waals surface area contributed by atoms with Gasteiger partial charge < -0.3 is 68.4 Å². The number of fused-ring (bicyclic) bond motifs is 8. The number of carbonyl (C=O) groups is 8. The molecule has 7 aromatic rings. The Kier molecular flexibility index (Phi) is 33.7. The molecule has 16 atom stereocenters. The van der Waals surface area contributed by atoms with Crippen molar-refractivity contribution in [1.82, 2.24) is 39.5 Å². The van der Waals surface area contributed by atoms with E-state index in [9.17, 15) is 56.7 Å². The van der Waals surface area contributed by atoms with E-state index in [4.69, 9.17) is 75.2 Å². The summed E-state index contributed by atoms with van der Waals surface area (Å²) in [6.07, 6.45) is 16.6. The molecule has 0 spiro atoms. The largest absolute Gasteiger partial charge is 0.491 e. The number of carboxylic acids is 1. The molecule has 2 amide bonds. The van der Waals surface area contributed by atoms with Crippen LogP contribution in [-0.4, -0.2) is 248 Å². The normalized spacial score (nSPS) is 28.4. The molecule has 31 nitrogen and oxygen atoms in total. The number of amides is 2. The first-order chi connectivity index (χ1) is 67.4. The van der Waals surface area contributed by atoms with Crippen molar-refractivity contribution < 1.29 is 94.0 Å². The molecule has 0 bridgehead atoms. The van der Waals surface area contributed by atoms with E-state index in [2.05, 4.69) is 60.2 Å². The van der Waals surface area contributed by atoms with Crippen molar-refractivity contribution in [1.29, 1.82) is 0 Å². The molecule has 4 aromatic heterocycles. The maximum Gasteiger partial charge on any atom is 0.312 e. The van der Waals surface area contributed by atoms with Gasteiger partial charge in [0.2, 0.25) is 11.8 Å².